The number of carbonyl (C=O) groups is 1. The van der Waals surface area contributed by atoms with E-state index in [4.69, 9.17) is 9.47 Å². The van der Waals surface area contributed by atoms with Crippen LogP contribution in [-0.2, 0) is 11.3 Å². The average Bonchev–Trinajstić information content (AvgIpc) is 3.26. The van der Waals surface area contributed by atoms with Crippen LogP contribution in [0, 0.1) is 0 Å². The number of nitrogens with one attached hydrogen (secondary N) is 1. The Kier molecular flexibility index (Phi) is 6.46. The molecule has 1 N–H and O–H groups in total. The highest BCUT2D eigenvalue weighted by atomic mass is 16.5. The van der Waals surface area contributed by atoms with Gasteiger partial charge in [-0.3, -0.25) is 4.79 Å². The Balaban J connectivity index is 1.51. The first-order valence-corrected chi connectivity index (χ1v) is 8.99. The highest BCUT2D eigenvalue weighted by Gasteiger charge is 2.08. The number of hydrogen-bond donors (Lipinski definition) is 1. The molecule has 0 fully saturated rings. The van der Waals surface area contributed by atoms with Crippen LogP contribution in [0.4, 0.5) is 0 Å². The van der Waals surface area contributed by atoms with E-state index < -0.39 is 0 Å². The van der Waals surface area contributed by atoms with Gasteiger partial charge in [0, 0.05) is 18.9 Å². The summed E-state index contributed by atoms with van der Waals surface area (Å²) in [6.45, 7) is 2.30. The van der Waals surface area contributed by atoms with E-state index in [1.165, 1.54) is 0 Å². The molecule has 6 heteroatoms. The van der Waals surface area contributed by atoms with Crippen LogP contribution in [-0.4, -0.2) is 29.4 Å². The molecule has 3 aromatic rings. The predicted molar refractivity (Wildman–Crippen MR) is 109 cm³/mol. The lowest BCUT2D eigenvalue weighted by Crippen LogP contribution is -2.28. The lowest BCUT2D eigenvalue weighted by Gasteiger charge is -2.12. The van der Waals surface area contributed by atoms with Crippen molar-refractivity contribution in [3.63, 3.8) is 0 Å². The SMILES string of the molecule is C/C=C/c1ccc(OCC(=O)NCc2ccc(-n3cccn3)cc2)c(OC)c1. The molecule has 28 heavy (non-hydrogen) atoms. The second-order valence-electron chi connectivity index (χ2n) is 6.09. The minimum Gasteiger partial charge on any atom is -0.493 e. The molecule has 0 unspecified atom stereocenters. The fraction of sp³-hybridized carbons (Fsp3) is 0.182. The molecule has 0 atom stereocenters. The van der Waals surface area contributed by atoms with Crippen molar-refractivity contribution < 1.29 is 14.3 Å². The molecule has 1 amide bonds. The summed E-state index contributed by atoms with van der Waals surface area (Å²) in [5.74, 6) is 0.933. The van der Waals surface area contributed by atoms with Gasteiger partial charge < -0.3 is 14.8 Å². The largest absolute Gasteiger partial charge is 0.493 e. The normalized spacial score (nSPS) is 10.8. The summed E-state index contributed by atoms with van der Waals surface area (Å²) >= 11 is 0. The molecule has 0 bridgehead atoms. The van der Waals surface area contributed by atoms with Gasteiger partial charge in [-0.15, -0.1) is 0 Å². The molecular weight excluding hydrogens is 354 g/mol. The van der Waals surface area contributed by atoms with Crippen molar-refractivity contribution in [1.82, 2.24) is 15.1 Å². The van der Waals surface area contributed by atoms with E-state index in [1.54, 1.807) is 24.1 Å². The van der Waals surface area contributed by atoms with Crippen molar-refractivity contribution in [2.75, 3.05) is 13.7 Å². The van der Waals surface area contributed by atoms with Crippen LogP contribution in [0.1, 0.15) is 18.1 Å². The maximum atomic E-state index is 12.1. The molecule has 3 rings (SSSR count). The maximum absolute atomic E-state index is 12.1. The van der Waals surface area contributed by atoms with E-state index in [-0.39, 0.29) is 12.5 Å². The third-order valence-electron chi connectivity index (χ3n) is 4.10. The predicted octanol–water partition coefficient (Wildman–Crippen LogP) is 3.61. The average molecular weight is 377 g/mol. The number of ether oxygens (including phenoxy) is 2. The summed E-state index contributed by atoms with van der Waals surface area (Å²) in [6, 6.07) is 15.3. The van der Waals surface area contributed by atoms with Crippen LogP contribution in [0.25, 0.3) is 11.8 Å². The van der Waals surface area contributed by atoms with E-state index in [9.17, 15) is 4.79 Å². The monoisotopic (exact) mass is 377 g/mol. The lowest BCUT2D eigenvalue weighted by molar-refractivity contribution is -0.123. The lowest BCUT2D eigenvalue weighted by atomic mass is 10.2. The maximum Gasteiger partial charge on any atom is 0.258 e. The second-order valence-corrected chi connectivity index (χ2v) is 6.09. The Morgan fingerprint density at radius 2 is 2.00 bits per heavy atom. The Bertz CT molecular complexity index is 932. The van der Waals surface area contributed by atoms with Gasteiger partial charge in [-0.05, 0) is 48.4 Å². The number of amides is 1. The van der Waals surface area contributed by atoms with Gasteiger partial charge in [0.05, 0.1) is 12.8 Å². The van der Waals surface area contributed by atoms with Gasteiger partial charge in [-0.2, -0.15) is 5.10 Å². The van der Waals surface area contributed by atoms with E-state index in [1.807, 2.05) is 67.7 Å². The molecular formula is C22H23N3O3. The number of hydrogen-bond acceptors (Lipinski definition) is 4. The number of carbonyl (C=O) groups excluding carboxylic acids is 1. The van der Waals surface area contributed by atoms with E-state index in [2.05, 4.69) is 10.4 Å². The number of methoxy groups -OCH3 is 1. The zero-order chi connectivity index (χ0) is 19.8. The molecule has 0 radical (unpaired) electrons. The number of aromatic nitrogens is 2. The van der Waals surface area contributed by atoms with Crippen molar-refractivity contribution in [3.8, 4) is 17.2 Å². The van der Waals surface area contributed by atoms with Gasteiger partial charge in [0.1, 0.15) is 0 Å². The molecule has 0 saturated heterocycles. The zero-order valence-electron chi connectivity index (χ0n) is 16.0. The molecule has 0 aliphatic heterocycles. The summed E-state index contributed by atoms with van der Waals surface area (Å²) in [4.78, 5) is 12.1. The summed E-state index contributed by atoms with van der Waals surface area (Å²) in [5.41, 5.74) is 2.98. The number of nitrogens with zero attached hydrogens (tertiary/aromatic N) is 2. The van der Waals surface area contributed by atoms with Gasteiger partial charge in [-0.1, -0.05) is 30.4 Å². The molecule has 0 spiro atoms. The van der Waals surface area contributed by atoms with Gasteiger partial charge in [0.25, 0.3) is 5.91 Å². The van der Waals surface area contributed by atoms with Crippen LogP contribution in [0.15, 0.2) is 67.0 Å². The van der Waals surface area contributed by atoms with Crippen molar-refractivity contribution in [3.05, 3.63) is 78.1 Å². The zero-order valence-corrected chi connectivity index (χ0v) is 16.0. The van der Waals surface area contributed by atoms with Gasteiger partial charge >= 0.3 is 0 Å². The Morgan fingerprint density at radius 3 is 2.68 bits per heavy atom. The quantitative estimate of drug-likeness (QED) is 0.651. The van der Waals surface area contributed by atoms with E-state index >= 15 is 0 Å². The third kappa shape index (κ3) is 5.01. The number of rotatable bonds is 8. The molecule has 6 nitrogen and oxygen atoms in total. The van der Waals surface area contributed by atoms with Crippen molar-refractivity contribution in [2.24, 2.45) is 0 Å². The summed E-state index contributed by atoms with van der Waals surface area (Å²) in [5, 5.41) is 7.04. The van der Waals surface area contributed by atoms with Crippen LogP contribution < -0.4 is 14.8 Å². The summed E-state index contributed by atoms with van der Waals surface area (Å²) < 4.78 is 12.7. The highest BCUT2D eigenvalue weighted by molar-refractivity contribution is 5.77. The van der Waals surface area contributed by atoms with Crippen LogP contribution in [0.3, 0.4) is 0 Å². The fourth-order valence-electron chi connectivity index (χ4n) is 2.68. The molecule has 1 heterocycles. The van der Waals surface area contributed by atoms with Crippen molar-refractivity contribution in [2.45, 2.75) is 13.5 Å². The molecule has 2 aromatic carbocycles. The van der Waals surface area contributed by atoms with Crippen LogP contribution in [0.5, 0.6) is 11.5 Å². The van der Waals surface area contributed by atoms with Crippen LogP contribution >= 0.6 is 0 Å². The highest BCUT2D eigenvalue weighted by Crippen LogP contribution is 2.28. The topological polar surface area (TPSA) is 65.4 Å². The van der Waals surface area contributed by atoms with Gasteiger partial charge in [0.2, 0.25) is 0 Å². The van der Waals surface area contributed by atoms with Crippen LogP contribution in [0.2, 0.25) is 0 Å². The van der Waals surface area contributed by atoms with E-state index in [0.717, 1.165) is 16.8 Å². The third-order valence-corrected chi connectivity index (χ3v) is 4.10. The Hall–Kier alpha value is -3.54. The molecule has 1 aromatic heterocycles. The standard InChI is InChI=1S/C22H23N3O3/c1-3-5-17-8-11-20(21(14-17)27-2)28-16-22(26)23-15-18-6-9-19(10-7-18)25-13-4-12-24-25/h3-14H,15-16H2,1-2H3,(H,23,26)/b5-3+. The summed E-state index contributed by atoms with van der Waals surface area (Å²) in [6.07, 6.45) is 7.53. The first kappa shape index (κ1) is 19.2. The minimum atomic E-state index is -0.198. The van der Waals surface area contributed by atoms with Gasteiger partial charge in [-0.25, -0.2) is 4.68 Å². The Morgan fingerprint density at radius 1 is 1.18 bits per heavy atom. The summed E-state index contributed by atoms with van der Waals surface area (Å²) in [7, 11) is 1.58. The van der Waals surface area contributed by atoms with Gasteiger partial charge in [0.15, 0.2) is 18.1 Å². The Labute approximate surface area is 164 Å². The molecule has 0 aliphatic carbocycles. The molecule has 144 valence electrons. The van der Waals surface area contributed by atoms with E-state index in [0.29, 0.717) is 18.0 Å². The number of allylic oxidation sites excluding steroid dienone is 1. The van der Waals surface area contributed by atoms with Crippen molar-refractivity contribution in [1.29, 1.82) is 0 Å². The first-order chi connectivity index (χ1) is 13.7. The first-order valence-electron chi connectivity index (χ1n) is 8.99. The minimum absolute atomic E-state index is 0.0787. The fourth-order valence-corrected chi connectivity index (χ4v) is 2.68. The van der Waals surface area contributed by atoms with Crippen molar-refractivity contribution >= 4 is 12.0 Å². The smallest absolute Gasteiger partial charge is 0.258 e. The second kappa shape index (κ2) is 9.41. The number of benzene rings is 2. The molecule has 0 saturated carbocycles. The molecule has 0 aliphatic rings.